The molecule has 0 aromatic heterocycles. The molecule has 2 rings (SSSR count). The maximum atomic E-state index is 13.3. The highest BCUT2D eigenvalue weighted by atomic mass is 32.2. The van der Waals surface area contributed by atoms with E-state index in [0.717, 1.165) is 5.56 Å². The molecule has 22 heavy (non-hydrogen) atoms. The first kappa shape index (κ1) is 16.5. The van der Waals surface area contributed by atoms with E-state index < -0.39 is 15.8 Å². The fourth-order valence-corrected chi connectivity index (χ4v) is 3.31. The van der Waals surface area contributed by atoms with E-state index in [-0.39, 0.29) is 23.8 Å². The van der Waals surface area contributed by atoms with Gasteiger partial charge in [-0.3, -0.25) is 0 Å². The Morgan fingerprint density at radius 1 is 1.14 bits per heavy atom. The number of halogens is 1. The average molecular weight is 323 g/mol. The fraction of sp³-hybridized carbons (Fsp3) is 0.250. The van der Waals surface area contributed by atoms with Crippen LogP contribution in [0.1, 0.15) is 11.1 Å². The molecule has 2 aromatic carbocycles. The average Bonchev–Trinajstić information content (AvgIpc) is 2.45. The third kappa shape index (κ3) is 4.05. The fourth-order valence-electron chi connectivity index (χ4n) is 2.08. The molecule has 6 heteroatoms. The van der Waals surface area contributed by atoms with E-state index in [1.54, 1.807) is 31.2 Å². The van der Waals surface area contributed by atoms with Crippen molar-refractivity contribution in [1.29, 1.82) is 0 Å². The Kier molecular flexibility index (Phi) is 5.15. The Labute approximate surface area is 130 Å². The molecule has 2 aromatic rings. The summed E-state index contributed by atoms with van der Waals surface area (Å²) in [6, 6.07) is 11.1. The van der Waals surface area contributed by atoms with Gasteiger partial charge in [-0.1, -0.05) is 29.8 Å². The van der Waals surface area contributed by atoms with E-state index in [4.69, 9.17) is 4.74 Å². The zero-order valence-corrected chi connectivity index (χ0v) is 13.3. The van der Waals surface area contributed by atoms with Crippen molar-refractivity contribution in [2.24, 2.45) is 0 Å². The summed E-state index contributed by atoms with van der Waals surface area (Å²) in [7, 11) is -3.60. The van der Waals surface area contributed by atoms with Crippen molar-refractivity contribution in [1.82, 2.24) is 4.72 Å². The first-order valence-electron chi connectivity index (χ1n) is 6.84. The molecule has 0 amide bonds. The summed E-state index contributed by atoms with van der Waals surface area (Å²) < 4.78 is 45.4. The molecule has 0 aliphatic carbocycles. The van der Waals surface area contributed by atoms with Gasteiger partial charge in [0.25, 0.3) is 0 Å². The minimum atomic E-state index is -3.60. The maximum absolute atomic E-state index is 13.3. The number of hydrogen-bond acceptors (Lipinski definition) is 3. The topological polar surface area (TPSA) is 55.4 Å². The van der Waals surface area contributed by atoms with Crippen molar-refractivity contribution in [2.45, 2.75) is 18.7 Å². The van der Waals surface area contributed by atoms with Crippen LogP contribution in [0.5, 0.6) is 5.75 Å². The smallest absolute Gasteiger partial charge is 0.240 e. The van der Waals surface area contributed by atoms with Gasteiger partial charge >= 0.3 is 0 Å². The van der Waals surface area contributed by atoms with Crippen LogP contribution in [0.15, 0.2) is 47.4 Å². The second-order valence-corrected chi connectivity index (χ2v) is 6.68. The maximum Gasteiger partial charge on any atom is 0.240 e. The van der Waals surface area contributed by atoms with Gasteiger partial charge in [-0.25, -0.2) is 17.5 Å². The highest BCUT2D eigenvalue weighted by Gasteiger charge is 2.16. The summed E-state index contributed by atoms with van der Waals surface area (Å²) in [5.74, 6) is -0.368. The number of para-hydroxylation sites is 1. The van der Waals surface area contributed by atoms with Crippen molar-refractivity contribution >= 4 is 10.0 Å². The van der Waals surface area contributed by atoms with Crippen molar-refractivity contribution in [3.8, 4) is 5.75 Å². The third-order valence-electron chi connectivity index (χ3n) is 3.11. The van der Waals surface area contributed by atoms with E-state index in [2.05, 4.69) is 4.72 Å². The molecule has 0 unspecified atom stereocenters. The summed E-state index contributed by atoms with van der Waals surface area (Å²) in [6.07, 6.45) is 0. The highest BCUT2D eigenvalue weighted by molar-refractivity contribution is 7.89. The number of hydrogen-bond donors (Lipinski definition) is 1. The van der Waals surface area contributed by atoms with Crippen LogP contribution in [-0.2, 0) is 10.0 Å². The van der Waals surface area contributed by atoms with Gasteiger partial charge in [-0.05, 0) is 37.6 Å². The Balaban J connectivity index is 1.94. The molecule has 0 saturated carbocycles. The van der Waals surface area contributed by atoms with Gasteiger partial charge < -0.3 is 4.74 Å². The zero-order chi connectivity index (χ0) is 16.2. The van der Waals surface area contributed by atoms with Crippen LogP contribution < -0.4 is 9.46 Å². The number of nitrogens with one attached hydrogen (secondary N) is 1. The van der Waals surface area contributed by atoms with Gasteiger partial charge in [0.05, 0.1) is 4.90 Å². The monoisotopic (exact) mass is 323 g/mol. The van der Waals surface area contributed by atoms with Gasteiger partial charge in [0, 0.05) is 6.54 Å². The summed E-state index contributed by atoms with van der Waals surface area (Å²) in [4.78, 5) is 0.240. The van der Waals surface area contributed by atoms with Crippen LogP contribution in [0.3, 0.4) is 0 Å². The number of ether oxygens (including phenoxy) is 1. The van der Waals surface area contributed by atoms with Crippen molar-refractivity contribution in [3.63, 3.8) is 0 Å². The van der Waals surface area contributed by atoms with E-state index in [0.29, 0.717) is 5.56 Å². The molecular weight excluding hydrogens is 305 g/mol. The molecule has 0 fully saturated rings. The van der Waals surface area contributed by atoms with Gasteiger partial charge in [-0.2, -0.15) is 0 Å². The Bertz CT molecular complexity index is 760. The van der Waals surface area contributed by atoms with Crippen LogP contribution in [0, 0.1) is 19.7 Å². The lowest BCUT2D eigenvalue weighted by Crippen LogP contribution is -2.28. The zero-order valence-electron chi connectivity index (χ0n) is 12.5. The molecule has 0 saturated heterocycles. The van der Waals surface area contributed by atoms with Gasteiger partial charge in [0.1, 0.15) is 6.61 Å². The summed E-state index contributed by atoms with van der Waals surface area (Å²) in [5, 5.41) is 0. The van der Waals surface area contributed by atoms with Crippen LogP contribution in [0.25, 0.3) is 0 Å². The van der Waals surface area contributed by atoms with Crippen LogP contribution >= 0.6 is 0 Å². The largest absolute Gasteiger partial charge is 0.489 e. The lowest BCUT2D eigenvalue weighted by molar-refractivity contribution is 0.306. The second kappa shape index (κ2) is 6.89. The van der Waals surface area contributed by atoms with Gasteiger partial charge in [0.15, 0.2) is 11.6 Å². The quantitative estimate of drug-likeness (QED) is 0.832. The first-order chi connectivity index (χ1) is 10.4. The van der Waals surface area contributed by atoms with Crippen molar-refractivity contribution in [3.05, 3.63) is 59.4 Å². The van der Waals surface area contributed by atoms with E-state index in [1.165, 1.54) is 12.1 Å². The molecular formula is C16H18FNO3S. The molecule has 0 atom stereocenters. The van der Waals surface area contributed by atoms with Crippen LogP contribution in [0.2, 0.25) is 0 Å². The Morgan fingerprint density at radius 3 is 2.55 bits per heavy atom. The van der Waals surface area contributed by atoms with Crippen LogP contribution in [0.4, 0.5) is 4.39 Å². The predicted molar refractivity (Wildman–Crippen MR) is 83.0 cm³/mol. The molecule has 0 bridgehead atoms. The minimum Gasteiger partial charge on any atom is -0.489 e. The highest BCUT2D eigenvalue weighted by Crippen LogP contribution is 2.17. The van der Waals surface area contributed by atoms with Crippen molar-refractivity contribution in [2.75, 3.05) is 13.2 Å². The standard InChI is InChI=1S/C16H18FNO3S/c1-12-7-8-16(13(2)11-12)22(19,20)18-9-10-21-15-6-4-3-5-14(15)17/h3-8,11,18H,9-10H2,1-2H3. The van der Waals surface area contributed by atoms with Crippen molar-refractivity contribution < 1.29 is 17.5 Å². The second-order valence-electron chi connectivity index (χ2n) is 4.95. The number of aryl methyl sites for hydroxylation is 2. The molecule has 0 heterocycles. The normalized spacial score (nSPS) is 11.4. The van der Waals surface area contributed by atoms with E-state index in [1.807, 2.05) is 13.0 Å². The summed E-state index contributed by atoms with van der Waals surface area (Å²) in [5.41, 5.74) is 1.68. The minimum absolute atomic E-state index is 0.0467. The van der Waals surface area contributed by atoms with Gasteiger partial charge in [-0.15, -0.1) is 0 Å². The summed E-state index contributed by atoms with van der Waals surface area (Å²) in [6.45, 7) is 3.76. The first-order valence-corrected chi connectivity index (χ1v) is 8.33. The van der Waals surface area contributed by atoms with Crippen LogP contribution in [-0.4, -0.2) is 21.6 Å². The lowest BCUT2D eigenvalue weighted by atomic mass is 10.2. The SMILES string of the molecule is Cc1ccc(S(=O)(=O)NCCOc2ccccc2F)c(C)c1. The molecule has 1 N–H and O–H groups in total. The Morgan fingerprint density at radius 2 is 1.86 bits per heavy atom. The number of rotatable bonds is 6. The third-order valence-corrected chi connectivity index (χ3v) is 4.73. The Hall–Kier alpha value is -1.92. The molecule has 4 nitrogen and oxygen atoms in total. The lowest BCUT2D eigenvalue weighted by Gasteiger charge is -2.11. The number of benzene rings is 2. The van der Waals surface area contributed by atoms with E-state index >= 15 is 0 Å². The summed E-state index contributed by atoms with van der Waals surface area (Å²) >= 11 is 0. The van der Waals surface area contributed by atoms with Gasteiger partial charge in [0.2, 0.25) is 10.0 Å². The molecule has 0 radical (unpaired) electrons. The molecule has 118 valence electrons. The van der Waals surface area contributed by atoms with E-state index in [9.17, 15) is 12.8 Å². The molecule has 0 aliphatic rings. The molecule has 0 spiro atoms. The number of sulfonamides is 1. The predicted octanol–water partition coefficient (Wildman–Crippen LogP) is 2.80. The molecule has 0 aliphatic heterocycles.